The molecule has 0 unspecified atom stereocenters. The number of piperidine rings is 1. The third-order valence-electron chi connectivity index (χ3n) is 4.77. The summed E-state index contributed by atoms with van der Waals surface area (Å²) >= 11 is 3.34. The fourth-order valence-corrected chi connectivity index (χ4v) is 3.58. The van der Waals surface area contributed by atoms with Crippen molar-refractivity contribution < 1.29 is 13.7 Å². The predicted octanol–water partition coefficient (Wildman–Crippen LogP) is 3.62. The second-order valence-corrected chi connectivity index (χ2v) is 7.10. The average molecular weight is 419 g/mol. The summed E-state index contributed by atoms with van der Waals surface area (Å²) in [5.41, 5.74) is 0.134. The van der Waals surface area contributed by atoms with Crippen LogP contribution in [0.3, 0.4) is 0 Å². The van der Waals surface area contributed by atoms with Crippen LogP contribution in [0.15, 0.2) is 50.1 Å². The summed E-state index contributed by atoms with van der Waals surface area (Å²) in [6, 6.07) is 9.51. The van der Waals surface area contributed by atoms with Crippen LogP contribution in [0.5, 0.6) is 0 Å². The van der Waals surface area contributed by atoms with E-state index >= 15 is 0 Å². The summed E-state index contributed by atoms with van der Waals surface area (Å²) in [4.78, 5) is 11.2. The first-order valence-electron chi connectivity index (χ1n) is 8.46. The molecule has 0 aromatic carbocycles. The lowest BCUT2D eigenvalue weighted by Crippen LogP contribution is -2.43. The van der Waals surface area contributed by atoms with E-state index in [1.54, 1.807) is 13.3 Å². The number of hydrogen-bond acceptors (Lipinski definition) is 7. The molecule has 4 rings (SSSR count). The highest BCUT2D eigenvalue weighted by molar-refractivity contribution is 9.10. The normalized spacial score (nSPS) is 17.5. The van der Waals surface area contributed by atoms with Crippen LogP contribution in [0.2, 0.25) is 0 Å². The van der Waals surface area contributed by atoms with Gasteiger partial charge in [-0.05, 0) is 53.0 Å². The van der Waals surface area contributed by atoms with Crippen molar-refractivity contribution in [3.63, 3.8) is 0 Å². The minimum absolute atomic E-state index is 0.486. The molecule has 0 bridgehead atoms. The van der Waals surface area contributed by atoms with E-state index in [1.807, 2.05) is 30.3 Å². The first kappa shape index (κ1) is 17.4. The van der Waals surface area contributed by atoms with Crippen molar-refractivity contribution >= 4 is 15.9 Å². The van der Waals surface area contributed by atoms with Crippen LogP contribution in [-0.4, -0.2) is 40.2 Å². The molecule has 1 aliphatic heterocycles. The Morgan fingerprint density at radius 2 is 2.08 bits per heavy atom. The van der Waals surface area contributed by atoms with Gasteiger partial charge in [-0.2, -0.15) is 4.98 Å². The Balaban J connectivity index is 1.46. The van der Waals surface area contributed by atoms with Crippen molar-refractivity contribution in [2.45, 2.75) is 25.0 Å². The molecule has 0 spiro atoms. The van der Waals surface area contributed by atoms with E-state index in [-0.39, 0.29) is 0 Å². The monoisotopic (exact) mass is 418 g/mol. The Hall–Kier alpha value is -2.03. The third-order valence-corrected chi connectivity index (χ3v) is 5.20. The Labute approximate surface area is 159 Å². The maximum atomic E-state index is 5.84. The van der Waals surface area contributed by atoms with E-state index in [2.05, 4.69) is 36.0 Å². The molecular formula is C18H19BrN4O3. The molecule has 0 radical (unpaired) electrons. The molecule has 4 heterocycles. The maximum absolute atomic E-state index is 5.84. The quantitative estimate of drug-likeness (QED) is 0.625. The molecule has 1 saturated heterocycles. The van der Waals surface area contributed by atoms with Gasteiger partial charge in [0.1, 0.15) is 17.1 Å². The highest BCUT2D eigenvalue weighted by Crippen LogP contribution is 2.36. The van der Waals surface area contributed by atoms with Gasteiger partial charge in [0.15, 0.2) is 4.67 Å². The zero-order valence-corrected chi connectivity index (χ0v) is 16.0. The van der Waals surface area contributed by atoms with Gasteiger partial charge in [0.05, 0.1) is 6.54 Å². The summed E-state index contributed by atoms with van der Waals surface area (Å²) in [7, 11) is 1.70. The van der Waals surface area contributed by atoms with E-state index < -0.39 is 5.60 Å². The Bertz CT molecular complexity index is 856. The molecule has 0 atom stereocenters. The van der Waals surface area contributed by atoms with Crippen molar-refractivity contribution in [2.75, 3.05) is 20.2 Å². The van der Waals surface area contributed by atoms with Crippen molar-refractivity contribution in [2.24, 2.45) is 0 Å². The number of ether oxygens (including phenoxy) is 1. The lowest BCUT2D eigenvalue weighted by Gasteiger charge is -2.37. The number of aromatic nitrogens is 3. The number of rotatable bonds is 5. The number of nitrogens with zero attached hydrogens (tertiary/aromatic N) is 4. The molecule has 1 fully saturated rings. The van der Waals surface area contributed by atoms with E-state index in [0.717, 1.165) is 42.9 Å². The topological polar surface area (TPSA) is 77.4 Å². The first-order chi connectivity index (χ1) is 12.7. The molecule has 0 aliphatic carbocycles. The van der Waals surface area contributed by atoms with Crippen molar-refractivity contribution in [1.29, 1.82) is 0 Å². The molecule has 8 heteroatoms. The van der Waals surface area contributed by atoms with Crippen molar-refractivity contribution in [3.05, 3.63) is 52.8 Å². The van der Waals surface area contributed by atoms with Gasteiger partial charge in [0.25, 0.3) is 5.89 Å². The van der Waals surface area contributed by atoms with Gasteiger partial charge in [-0.25, -0.2) is 0 Å². The zero-order chi connectivity index (χ0) is 18.0. The molecule has 3 aromatic heterocycles. The molecule has 3 aromatic rings. The van der Waals surface area contributed by atoms with Crippen molar-refractivity contribution in [1.82, 2.24) is 20.0 Å². The molecule has 0 N–H and O–H groups in total. The number of furan rings is 1. The van der Waals surface area contributed by atoms with Crippen LogP contribution >= 0.6 is 15.9 Å². The lowest BCUT2D eigenvalue weighted by molar-refractivity contribution is -0.0844. The Morgan fingerprint density at radius 3 is 2.73 bits per heavy atom. The van der Waals surface area contributed by atoms with Gasteiger partial charge < -0.3 is 13.7 Å². The van der Waals surface area contributed by atoms with E-state index in [0.29, 0.717) is 17.4 Å². The standard InChI is InChI=1S/C18H19BrN4O3/c1-24-18(17-21-16(22-26-17)14-4-2-3-9-20-14)7-10-23(11-8-18)12-13-5-6-15(19)25-13/h2-6,9H,7-8,10-12H2,1H3. The second kappa shape index (κ2) is 7.30. The summed E-state index contributed by atoms with van der Waals surface area (Å²) < 4.78 is 17.7. The van der Waals surface area contributed by atoms with E-state index in [9.17, 15) is 0 Å². The van der Waals surface area contributed by atoms with E-state index in [4.69, 9.17) is 13.7 Å². The summed E-state index contributed by atoms with van der Waals surface area (Å²) in [6.45, 7) is 2.48. The highest BCUT2D eigenvalue weighted by Gasteiger charge is 2.41. The molecule has 1 aliphatic rings. The van der Waals surface area contributed by atoms with Crippen LogP contribution in [0.4, 0.5) is 0 Å². The Kier molecular flexibility index (Phi) is 4.88. The summed E-state index contributed by atoms with van der Waals surface area (Å²) in [5.74, 6) is 1.94. The first-order valence-corrected chi connectivity index (χ1v) is 9.25. The molecule has 26 heavy (non-hydrogen) atoms. The molecule has 0 saturated carbocycles. The Morgan fingerprint density at radius 1 is 1.23 bits per heavy atom. The maximum Gasteiger partial charge on any atom is 0.259 e. The number of methoxy groups -OCH3 is 1. The molecule has 136 valence electrons. The average Bonchev–Trinajstić information content (AvgIpc) is 3.33. The van der Waals surface area contributed by atoms with Gasteiger partial charge in [-0.1, -0.05) is 11.2 Å². The van der Waals surface area contributed by atoms with Gasteiger partial charge >= 0.3 is 0 Å². The zero-order valence-electron chi connectivity index (χ0n) is 14.4. The minimum Gasteiger partial charge on any atom is -0.453 e. The summed E-state index contributed by atoms with van der Waals surface area (Å²) in [5, 5.41) is 4.08. The summed E-state index contributed by atoms with van der Waals surface area (Å²) in [6.07, 6.45) is 3.26. The van der Waals surface area contributed by atoms with Crippen LogP contribution in [0, 0.1) is 0 Å². The second-order valence-electron chi connectivity index (χ2n) is 6.32. The van der Waals surface area contributed by atoms with Gasteiger partial charge in [0.2, 0.25) is 5.82 Å². The largest absolute Gasteiger partial charge is 0.453 e. The van der Waals surface area contributed by atoms with Gasteiger partial charge in [0, 0.05) is 26.4 Å². The minimum atomic E-state index is -0.555. The predicted molar refractivity (Wildman–Crippen MR) is 97.1 cm³/mol. The van der Waals surface area contributed by atoms with Crippen molar-refractivity contribution in [3.8, 4) is 11.5 Å². The lowest BCUT2D eigenvalue weighted by atomic mass is 9.91. The highest BCUT2D eigenvalue weighted by atomic mass is 79.9. The number of pyridine rings is 1. The molecule has 7 nitrogen and oxygen atoms in total. The number of likely N-dealkylation sites (tertiary alicyclic amines) is 1. The number of halogens is 1. The fraction of sp³-hybridized carbons (Fsp3) is 0.389. The smallest absolute Gasteiger partial charge is 0.259 e. The van der Waals surface area contributed by atoms with Gasteiger partial charge in [-0.3, -0.25) is 9.88 Å². The number of hydrogen-bond donors (Lipinski definition) is 0. The van der Waals surface area contributed by atoms with Crippen LogP contribution in [-0.2, 0) is 16.9 Å². The van der Waals surface area contributed by atoms with Gasteiger partial charge in [-0.15, -0.1) is 0 Å². The van der Waals surface area contributed by atoms with Crippen LogP contribution < -0.4 is 0 Å². The fourth-order valence-electron chi connectivity index (χ4n) is 3.24. The third kappa shape index (κ3) is 3.44. The molecular weight excluding hydrogens is 400 g/mol. The SMILES string of the molecule is COC1(c2nc(-c3ccccn3)no2)CCN(Cc2ccc(Br)o2)CC1. The van der Waals surface area contributed by atoms with Crippen LogP contribution in [0.25, 0.3) is 11.5 Å². The van der Waals surface area contributed by atoms with Crippen LogP contribution in [0.1, 0.15) is 24.5 Å². The van der Waals surface area contributed by atoms with E-state index in [1.165, 1.54) is 0 Å². The molecule has 0 amide bonds.